The second-order valence-corrected chi connectivity index (χ2v) is 3.94. The van der Waals surface area contributed by atoms with Gasteiger partial charge in [-0.05, 0) is 50.8 Å². The van der Waals surface area contributed by atoms with Crippen molar-refractivity contribution in [1.29, 1.82) is 0 Å². The molecule has 1 aromatic carbocycles. The molecule has 1 rings (SSSR count). The lowest BCUT2D eigenvalue weighted by atomic mass is 9.91. The van der Waals surface area contributed by atoms with Crippen LogP contribution in [0.2, 0.25) is 0 Å². The largest absolute Gasteiger partial charge is 0.275 e. The first kappa shape index (κ1) is 11.7. The Morgan fingerprint density at radius 2 is 1.40 bits per heavy atom. The molecule has 0 bridgehead atoms. The minimum absolute atomic E-state index is 0.274. The van der Waals surface area contributed by atoms with Crippen molar-refractivity contribution in [3.05, 3.63) is 37.9 Å². The van der Waals surface area contributed by atoms with Crippen LogP contribution in [0, 0.1) is 37.8 Å². The molecular weight excluding hydrogens is 190 g/mol. The zero-order chi connectivity index (χ0) is 11.7. The Morgan fingerprint density at radius 1 is 1.00 bits per heavy atom. The molecule has 3 heteroatoms. The van der Waals surface area contributed by atoms with E-state index in [0.29, 0.717) is 0 Å². The third-order valence-electron chi connectivity index (χ3n) is 3.28. The van der Waals surface area contributed by atoms with E-state index >= 15 is 0 Å². The van der Waals surface area contributed by atoms with Crippen LogP contribution in [-0.2, 0) is 6.42 Å². The molecule has 0 amide bonds. The van der Waals surface area contributed by atoms with Crippen LogP contribution < -0.4 is 0 Å². The molecule has 0 unspecified atom stereocenters. The van der Waals surface area contributed by atoms with Gasteiger partial charge < -0.3 is 0 Å². The number of nitrogens with zero attached hydrogens (tertiary/aromatic N) is 1. The molecule has 0 spiro atoms. The van der Waals surface area contributed by atoms with Crippen molar-refractivity contribution in [1.82, 2.24) is 0 Å². The van der Waals surface area contributed by atoms with E-state index in [1.807, 2.05) is 27.7 Å². The van der Waals surface area contributed by atoms with E-state index in [4.69, 9.17) is 0 Å². The van der Waals surface area contributed by atoms with E-state index in [9.17, 15) is 10.1 Å². The predicted molar refractivity (Wildman–Crippen MR) is 61.4 cm³/mol. The zero-order valence-corrected chi connectivity index (χ0v) is 9.97. The lowest BCUT2D eigenvalue weighted by Crippen LogP contribution is -2.04. The van der Waals surface area contributed by atoms with Crippen molar-refractivity contribution < 1.29 is 4.92 Å². The van der Waals surface area contributed by atoms with E-state index in [-0.39, 0.29) is 10.6 Å². The second kappa shape index (κ2) is 4.01. The molecule has 0 heterocycles. The van der Waals surface area contributed by atoms with Gasteiger partial charge in [0, 0.05) is 11.1 Å². The maximum absolute atomic E-state index is 11.0. The third kappa shape index (κ3) is 1.74. The summed E-state index contributed by atoms with van der Waals surface area (Å²) in [6.07, 6.45) is 0.928. The van der Waals surface area contributed by atoms with Gasteiger partial charge in [0.1, 0.15) is 0 Å². The van der Waals surface area contributed by atoms with Gasteiger partial charge >= 0.3 is 0 Å². The molecule has 3 nitrogen and oxygen atoms in total. The summed E-state index contributed by atoms with van der Waals surface area (Å²) >= 11 is 0. The van der Waals surface area contributed by atoms with Crippen molar-refractivity contribution in [3.8, 4) is 0 Å². The molecule has 1 aromatic rings. The number of nitro benzene ring substituents is 1. The zero-order valence-electron chi connectivity index (χ0n) is 9.97. The van der Waals surface area contributed by atoms with E-state index in [1.165, 1.54) is 5.56 Å². The molecule has 0 atom stereocenters. The van der Waals surface area contributed by atoms with E-state index in [0.717, 1.165) is 28.7 Å². The third-order valence-corrected chi connectivity index (χ3v) is 3.28. The summed E-state index contributed by atoms with van der Waals surface area (Å²) in [5.74, 6) is 0. The lowest BCUT2D eigenvalue weighted by molar-refractivity contribution is -0.386. The van der Waals surface area contributed by atoms with Gasteiger partial charge in [-0.2, -0.15) is 0 Å². The molecule has 0 saturated carbocycles. The van der Waals surface area contributed by atoms with Crippen LogP contribution in [0.3, 0.4) is 0 Å². The number of hydrogen-bond donors (Lipinski definition) is 0. The monoisotopic (exact) mass is 207 g/mol. The first-order valence-electron chi connectivity index (χ1n) is 5.15. The number of rotatable bonds is 2. The normalized spacial score (nSPS) is 10.5. The first-order valence-corrected chi connectivity index (χ1v) is 5.15. The molecule has 15 heavy (non-hydrogen) atoms. The molecule has 0 aliphatic rings. The molecule has 0 radical (unpaired) electrons. The average Bonchev–Trinajstić information content (AvgIpc) is 2.16. The Bertz CT molecular complexity index is 393. The van der Waals surface area contributed by atoms with E-state index in [2.05, 4.69) is 6.92 Å². The molecule has 0 fully saturated rings. The fourth-order valence-electron chi connectivity index (χ4n) is 2.17. The van der Waals surface area contributed by atoms with Gasteiger partial charge in [0.25, 0.3) is 5.69 Å². The number of hydrogen-bond acceptors (Lipinski definition) is 2. The van der Waals surface area contributed by atoms with Crippen LogP contribution >= 0.6 is 0 Å². The number of benzene rings is 1. The van der Waals surface area contributed by atoms with E-state index < -0.39 is 0 Å². The highest BCUT2D eigenvalue weighted by Gasteiger charge is 2.21. The Morgan fingerprint density at radius 3 is 1.67 bits per heavy atom. The van der Waals surface area contributed by atoms with Gasteiger partial charge in [0.05, 0.1) is 4.92 Å². The summed E-state index contributed by atoms with van der Waals surface area (Å²) in [6, 6.07) is 0. The topological polar surface area (TPSA) is 43.1 Å². The number of nitro groups is 1. The minimum Gasteiger partial charge on any atom is -0.258 e. The van der Waals surface area contributed by atoms with Crippen LogP contribution in [-0.4, -0.2) is 4.92 Å². The van der Waals surface area contributed by atoms with Crippen molar-refractivity contribution in [3.63, 3.8) is 0 Å². The predicted octanol–water partition coefficient (Wildman–Crippen LogP) is 3.39. The van der Waals surface area contributed by atoms with E-state index in [1.54, 1.807) is 0 Å². The Labute approximate surface area is 90.3 Å². The van der Waals surface area contributed by atoms with Gasteiger partial charge in [-0.15, -0.1) is 0 Å². The van der Waals surface area contributed by atoms with Crippen molar-refractivity contribution in [2.75, 3.05) is 0 Å². The van der Waals surface area contributed by atoms with Crippen molar-refractivity contribution >= 4 is 5.69 Å². The van der Waals surface area contributed by atoms with Gasteiger partial charge in [0.2, 0.25) is 0 Å². The highest BCUT2D eigenvalue weighted by Crippen LogP contribution is 2.32. The van der Waals surface area contributed by atoms with Crippen molar-refractivity contribution in [2.45, 2.75) is 41.0 Å². The Balaban J connectivity index is 3.66. The van der Waals surface area contributed by atoms with Crippen LogP contribution in [0.5, 0.6) is 0 Å². The first-order chi connectivity index (χ1) is 6.91. The molecule has 0 aliphatic heterocycles. The fourth-order valence-corrected chi connectivity index (χ4v) is 2.17. The van der Waals surface area contributed by atoms with Gasteiger partial charge in [-0.3, -0.25) is 10.1 Å². The Kier molecular flexibility index (Phi) is 3.12. The minimum atomic E-state index is -0.274. The van der Waals surface area contributed by atoms with Crippen LogP contribution in [0.25, 0.3) is 0 Å². The standard InChI is InChI=1S/C12H17NO2/c1-6-11-7(2)9(4)12(13(14)15)10(5)8(11)3/h6H2,1-5H3. The van der Waals surface area contributed by atoms with Crippen molar-refractivity contribution in [2.24, 2.45) is 0 Å². The molecule has 0 saturated heterocycles. The summed E-state index contributed by atoms with van der Waals surface area (Å²) in [7, 11) is 0. The van der Waals surface area contributed by atoms with Crippen LogP contribution in [0.4, 0.5) is 5.69 Å². The summed E-state index contributed by atoms with van der Waals surface area (Å²) in [4.78, 5) is 10.7. The maximum atomic E-state index is 11.0. The Hall–Kier alpha value is -1.38. The molecule has 0 aliphatic carbocycles. The van der Waals surface area contributed by atoms with Crippen LogP contribution in [0.1, 0.15) is 34.7 Å². The molecule has 0 N–H and O–H groups in total. The summed E-state index contributed by atoms with van der Waals surface area (Å²) in [5, 5.41) is 11.0. The maximum Gasteiger partial charge on any atom is 0.275 e. The molecule has 82 valence electrons. The average molecular weight is 207 g/mol. The second-order valence-electron chi connectivity index (χ2n) is 3.94. The van der Waals surface area contributed by atoms with Gasteiger partial charge in [-0.1, -0.05) is 6.92 Å². The molecular formula is C12H17NO2. The van der Waals surface area contributed by atoms with Gasteiger partial charge in [0.15, 0.2) is 0 Å². The molecule has 0 aromatic heterocycles. The fraction of sp³-hybridized carbons (Fsp3) is 0.500. The quantitative estimate of drug-likeness (QED) is 0.551. The SMILES string of the molecule is CCc1c(C)c(C)c([N+](=O)[O-])c(C)c1C. The smallest absolute Gasteiger partial charge is 0.258 e. The lowest BCUT2D eigenvalue weighted by Gasteiger charge is -2.14. The highest BCUT2D eigenvalue weighted by atomic mass is 16.6. The summed E-state index contributed by atoms with van der Waals surface area (Å²) in [5.41, 5.74) is 5.26. The summed E-state index contributed by atoms with van der Waals surface area (Å²) in [6.45, 7) is 9.68. The van der Waals surface area contributed by atoms with Gasteiger partial charge in [-0.25, -0.2) is 0 Å². The summed E-state index contributed by atoms with van der Waals surface area (Å²) < 4.78 is 0. The van der Waals surface area contributed by atoms with Crippen LogP contribution in [0.15, 0.2) is 0 Å². The highest BCUT2D eigenvalue weighted by molar-refractivity contribution is 5.58.